The van der Waals surface area contributed by atoms with Crippen molar-refractivity contribution in [1.29, 1.82) is 0 Å². The van der Waals surface area contributed by atoms with E-state index in [4.69, 9.17) is 9.15 Å². The summed E-state index contributed by atoms with van der Waals surface area (Å²) < 4.78 is 11.2. The number of hydrogen-bond acceptors (Lipinski definition) is 3. The van der Waals surface area contributed by atoms with E-state index < -0.39 is 0 Å². The van der Waals surface area contributed by atoms with Gasteiger partial charge in [0.15, 0.2) is 0 Å². The number of rotatable bonds is 7. The number of hydrogen-bond donors (Lipinski definition) is 1. The van der Waals surface area contributed by atoms with Crippen LogP contribution in [0, 0.1) is 0 Å². The van der Waals surface area contributed by atoms with Gasteiger partial charge < -0.3 is 14.5 Å². The average molecular weight is 211 g/mol. The second-order valence-electron chi connectivity index (χ2n) is 3.68. The molecule has 1 heterocycles. The predicted molar refractivity (Wildman–Crippen MR) is 60.6 cm³/mol. The molecule has 86 valence electrons. The lowest BCUT2D eigenvalue weighted by Gasteiger charge is -2.08. The molecule has 1 N–H and O–H groups in total. The fraction of sp³-hybridized carbons (Fsp3) is 0.667. The Kier molecular flexibility index (Phi) is 5.43. The summed E-state index contributed by atoms with van der Waals surface area (Å²) in [6.45, 7) is 8.59. The fourth-order valence-corrected chi connectivity index (χ4v) is 1.19. The van der Waals surface area contributed by atoms with Crippen molar-refractivity contribution in [2.24, 2.45) is 0 Å². The molecule has 0 aliphatic carbocycles. The van der Waals surface area contributed by atoms with E-state index in [1.54, 1.807) is 0 Å². The summed E-state index contributed by atoms with van der Waals surface area (Å²) in [5.41, 5.74) is 0. The van der Waals surface area contributed by atoms with Gasteiger partial charge in [0, 0.05) is 0 Å². The van der Waals surface area contributed by atoms with Gasteiger partial charge in [-0.05, 0) is 32.0 Å². The molecule has 1 aromatic heterocycles. The van der Waals surface area contributed by atoms with Gasteiger partial charge in [0.25, 0.3) is 0 Å². The van der Waals surface area contributed by atoms with Gasteiger partial charge in [-0.1, -0.05) is 13.8 Å². The van der Waals surface area contributed by atoms with Gasteiger partial charge in [-0.25, -0.2) is 0 Å². The van der Waals surface area contributed by atoms with E-state index in [1.165, 1.54) is 0 Å². The highest BCUT2D eigenvalue weighted by Crippen LogP contribution is 2.10. The van der Waals surface area contributed by atoms with E-state index in [-0.39, 0.29) is 0 Å². The van der Waals surface area contributed by atoms with Gasteiger partial charge in [-0.15, -0.1) is 0 Å². The third-order valence-electron chi connectivity index (χ3n) is 2.35. The Morgan fingerprint density at radius 3 is 2.73 bits per heavy atom. The standard InChI is InChI=1S/C12H21NO2/c1-4-10(3)14-9-12-7-6-11(15-12)8-13-5-2/h6-7,10,13H,4-5,8-9H2,1-3H3. The van der Waals surface area contributed by atoms with Gasteiger partial charge >= 0.3 is 0 Å². The van der Waals surface area contributed by atoms with Crippen LogP contribution in [-0.2, 0) is 17.9 Å². The van der Waals surface area contributed by atoms with E-state index >= 15 is 0 Å². The average Bonchev–Trinajstić information content (AvgIpc) is 2.71. The molecule has 0 aliphatic rings. The molecule has 15 heavy (non-hydrogen) atoms. The first-order valence-corrected chi connectivity index (χ1v) is 5.66. The first-order chi connectivity index (χ1) is 7.26. The van der Waals surface area contributed by atoms with Crippen LogP contribution >= 0.6 is 0 Å². The molecule has 1 unspecified atom stereocenters. The van der Waals surface area contributed by atoms with Crippen molar-refractivity contribution in [3.8, 4) is 0 Å². The van der Waals surface area contributed by atoms with Crippen LogP contribution in [0.1, 0.15) is 38.7 Å². The summed E-state index contributed by atoms with van der Waals surface area (Å²) in [7, 11) is 0. The maximum Gasteiger partial charge on any atom is 0.129 e. The molecule has 0 spiro atoms. The Labute approximate surface area is 91.8 Å². The topological polar surface area (TPSA) is 34.4 Å². The van der Waals surface area contributed by atoms with Gasteiger partial charge in [-0.3, -0.25) is 0 Å². The lowest BCUT2D eigenvalue weighted by Crippen LogP contribution is -2.10. The summed E-state index contributed by atoms with van der Waals surface area (Å²) in [5, 5.41) is 3.22. The molecule has 1 atom stereocenters. The molecule has 0 saturated carbocycles. The minimum Gasteiger partial charge on any atom is -0.462 e. The van der Waals surface area contributed by atoms with Crippen molar-refractivity contribution in [2.45, 2.75) is 46.4 Å². The first kappa shape index (κ1) is 12.3. The molecule has 1 aromatic rings. The van der Waals surface area contributed by atoms with E-state index in [1.807, 2.05) is 12.1 Å². The molecule has 0 radical (unpaired) electrons. The van der Waals surface area contributed by atoms with Crippen LogP contribution in [0.4, 0.5) is 0 Å². The monoisotopic (exact) mass is 211 g/mol. The Balaban J connectivity index is 2.32. The fourth-order valence-electron chi connectivity index (χ4n) is 1.19. The molecule has 1 rings (SSSR count). The third-order valence-corrected chi connectivity index (χ3v) is 2.35. The van der Waals surface area contributed by atoms with E-state index in [2.05, 4.69) is 26.1 Å². The third kappa shape index (κ3) is 4.49. The maximum atomic E-state index is 5.59. The minimum atomic E-state index is 0.298. The van der Waals surface area contributed by atoms with Gasteiger partial charge in [0.2, 0.25) is 0 Å². The lowest BCUT2D eigenvalue weighted by molar-refractivity contribution is 0.0400. The molecule has 0 fully saturated rings. The van der Waals surface area contributed by atoms with Crippen molar-refractivity contribution < 1.29 is 9.15 Å². The molecule has 0 amide bonds. The summed E-state index contributed by atoms with van der Waals surface area (Å²) in [4.78, 5) is 0. The van der Waals surface area contributed by atoms with Crippen LogP contribution in [0.5, 0.6) is 0 Å². The van der Waals surface area contributed by atoms with E-state index in [0.29, 0.717) is 12.7 Å². The molecule has 0 saturated heterocycles. The van der Waals surface area contributed by atoms with Crippen LogP contribution in [-0.4, -0.2) is 12.6 Å². The van der Waals surface area contributed by atoms with Gasteiger partial charge in [-0.2, -0.15) is 0 Å². The highest BCUT2D eigenvalue weighted by molar-refractivity contribution is 5.06. The minimum absolute atomic E-state index is 0.298. The SMILES string of the molecule is CCNCc1ccc(COC(C)CC)o1. The number of furan rings is 1. The predicted octanol–water partition coefficient (Wildman–Crippen LogP) is 2.70. The van der Waals surface area contributed by atoms with E-state index in [9.17, 15) is 0 Å². The summed E-state index contributed by atoms with van der Waals surface area (Å²) in [6.07, 6.45) is 1.33. The summed E-state index contributed by atoms with van der Waals surface area (Å²) in [6, 6.07) is 3.98. The smallest absolute Gasteiger partial charge is 0.129 e. The Hall–Kier alpha value is -0.800. The molecule has 0 aromatic carbocycles. The maximum absolute atomic E-state index is 5.59. The zero-order chi connectivity index (χ0) is 11.1. The van der Waals surface area contributed by atoms with Crippen LogP contribution in [0.3, 0.4) is 0 Å². The Morgan fingerprint density at radius 2 is 2.07 bits per heavy atom. The van der Waals surface area contributed by atoms with Crippen LogP contribution in [0.25, 0.3) is 0 Å². The van der Waals surface area contributed by atoms with Crippen molar-refractivity contribution >= 4 is 0 Å². The van der Waals surface area contributed by atoms with Crippen molar-refractivity contribution in [2.75, 3.05) is 6.54 Å². The highest BCUT2D eigenvalue weighted by atomic mass is 16.5. The normalized spacial score (nSPS) is 13.0. The Bertz CT molecular complexity index is 270. The Morgan fingerprint density at radius 1 is 1.33 bits per heavy atom. The van der Waals surface area contributed by atoms with E-state index in [0.717, 1.165) is 31.0 Å². The zero-order valence-corrected chi connectivity index (χ0v) is 9.88. The lowest BCUT2D eigenvalue weighted by atomic mass is 10.3. The van der Waals surface area contributed by atoms with Gasteiger partial charge in [0.1, 0.15) is 18.1 Å². The molecule has 3 heteroatoms. The highest BCUT2D eigenvalue weighted by Gasteiger charge is 2.04. The quantitative estimate of drug-likeness (QED) is 0.753. The van der Waals surface area contributed by atoms with Crippen LogP contribution in [0.2, 0.25) is 0 Å². The van der Waals surface area contributed by atoms with Crippen LogP contribution in [0.15, 0.2) is 16.5 Å². The zero-order valence-electron chi connectivity index (χ0n) is 9.88. The second kappa shape index (κ2) is 6.64. The second-order valence-corrected chi connectivity index (χ2v) is 3.68. The van der Waals surface area contributed by atoms with Crippen molar-refractivity contribution in [3.63, 3.8) is 0 Å². The van der Waals surface area contributed by atoms with Crippen molar-refractivity contribution in [3.05, 3.63) is 23.7 Å². The largest absolute Gasteiger partial charge is 0.462 e. The van der Waals surface area contributed by atoms with Crippen molar-refractivity contribution in [1.82, 2.24) is 5.32 Å². The molecule has 3 nitrogen and oxygen atoms in total. The molecule has 0 bridgehead atoms. The molecular weight excluding hydrogens is 190 g/mol. The van der Waals surface area contributed by atoms with Gasteiger partial charge in [0.05, 0.1) is 12.6 Å². The van der Waals surface area contributed by atoms with Crippen LogP contribution < -0.4 is 5.32 Å². The number of ether oxygens (including phenoxy) is 1. The molecular formula is C12H21NO2. The summed E-state index contributed by atoms with van der Waals surface area (Å²) >= 11 is 0. The number of nitrogens with one attached hydrogen (secondary N) is 1. The first-order valence-electron chi connectivity index (χ1n) is 5.66. The molecule has 0 aliphatic heterocycles. The summed E-state index contributed by atoms with van der Waals surface area (Å²) in [5.74, 6) is 1.88.